The molecule has 0 radical (unpaired) electrons. The van der Waals surface area contributed by atoms with Crippen LogP contribution in [0.2, 0.25) is 0 Å². The number of aromatic nitrogens is 2. The van der Waals surface area contributed by atoms with E-state index in [2.05, 4.69) is 37.0 Å². The van der Waals surface area contributed by atoms with Crippen LogP contribution in [0.5, 0.6) is 0 Å². The average Bonchev–Trinajstić information content (AvgIpc) is 3.04. The molecule has 1 saturated heterocycles. The van der Waals surface area contributed by atoms with E-state index < -0.39 is 0 Å². The predicted octanol–water partition coefficient (Wildman–Crippen LogP) is 4.38. The lowest BCUT2D eigenvalue weighted by Gasteiger charge is -2.32. The molecule has 0 unspecified atom stereocenters. The third-order valence-electron chi connectivity index (χ3n) is 4.60. The van der Waals surface area contributed by atoms with Gasteiger partial charge in [-0.2, -0.15) is 5.26 Å². The molecule has 3 heterocycles. The van der Waals surface area contributed by atoms with Crippen LogP contribution in [0, 0.1) is 17.1 Å². The fourth-order valence-corrected chi connectivity index (χ4v) is 3.69. The number of nitrogens with zero attached hydrogens (tertiary/aromatic N) is 4. The van der Waals surface area contributed by atoms with Gasteiger partial charge in [0.15, 0.2) is 5.58 Å². The zero-order valence-electron chi connectivity index (χ0n) is 13.2. The van der Waals surface area contributed by atoms with Crippen molar-refractivity contribution in [2.45, 2.75) is 18.8 Å². The maximum Gasteiger partial charge on any atom is 0.170 e. The van der Waals surface area contributed by atoms with E-state index in [4.69, 9.17) is 4.52 Å². The van der Waals surface area contributed by atoms with Gasteiger partial charge in [0.1, 0.15) is 17.7 Å². The third-order valence-corrected chi connectivity index (χ3v) is 5.03. The Balaban J connectivity index is 1.54. The van der Waals surface area contributed by atoms with E-state index in [1.807, 2.05) is 0 Å². The monoisotopic (exact) mass is 400 g/mol. The Labute approximate surface area is 152 Å². The minimum atomic E-state index is -0.324. The Kier molecular flexibility index (Phi) is 4.14. The zero-order valence-corrected chi connectivity index (χ0v) is 14.8. The van der Waals surface area contributed by atoms with Gasteiger partial charge in [0.2, 0.25) is 0 Å². The normalized spacial score (nSPS) is 15.5. The number of hydrogen-bond donors (Lipinski definition) is 0. The summed E-state index contributed by atoms with van der Waals surface area (Å²) in [6.07, 6.45) is 3.46. The lowest BCUT2D eigenvalue weighted by atomic mass is 9.91. The Hall–Kier alpha value is -2.46. The number of fused-ring (bicyclic) bond motifs is 1. The highest BCUT2D eigenvalue weighted by Crippen LogP contribution is 2.34. The van der Waals surface area contributed by atoms with Crippen LogP contribution >= 0.6 is 15.9 Å². The van der Waals surface area contributed by atoms with Gasteiger partial charge in [-0.1, -0.05) is 5.16 Å². The molecule has 0 amide bonds. The van der Waals surface area contributed by atoms with Crippen LogP contribution in [-0.2, 0) is 0 Å². The molecule has 0 aliphatic carbocycles. The first kappa shape index (κ1) is 16.0. The van der Waals surface area contributed by atoms with Crippen molar-refractivity contribution in [2.75, 3.05) is 18.0 Å². The summed E-state index contributed by atoms with van der Waals surface area (Å²) in [4.78, 5) is 6.53. The van der Waals surface area contributed by atoms with Gasteiger partial charge in [0.05, 0.1) is 11.3 Å². The molecule has 0 spiro atoms. The van der Waals surface area contributed by atoms with Crippen LogP contribution < -0.4 is 4.90 Å². The van der Waals surface area contributed by atoms with Crippen molar-refractivity contribution < 1.29 is 8.91 Å². The van der Waals surface area contributed by atoms with E-state index >= 15 is 0 Å². The van der Waals surface area contributed by atoms with Gasteiger partial charge in [-0.05, 0) is 47.0 Å². The van der Waals surface area contributed by atoms with Crippen LogP contribution in [0.15, 0.2) is 39.5 Å². The van der Waals surface area contributed by atoms with Gasteiger partial charge < -0.3 is 9.42 Å². The molecule has 25 heavy (non-hydrogen) atoms. The largest absolute Gasteiger partial charge is 0.356 e. The van der Waals surface area contributed by atoms with Crippen LogP contribution in [0.1, 0.15) is 30.0 Å². The number of pyridine rings is 1. The molecule has 2 aromatic heterocycles. The molecule has 5 nitrogen and oxygen atoms in total. The van der Waals surface area contributed by atoms with Crippen molar-refractivity contribution in [3.63, 3.8) is 0 Å². The standard InChI is InChI=1S/C18H14BrFN4O/c19-13-7-12(9-21)18(22-10-13)24-5-3-11(4-6-24)17-15-2-1-14(20)8-16(15)25-23-17/h1-2,7-8,10-11H,3-6H2. The zero-order chi connectivity index (χ0) is 17.4. The van der Waals surface area contributed by atoms with E-state index in [1.165, 1.54) is 12.1 Å². The summed E-state index contributed by atoms with van der Waals surface area (Å²) in [6, 6.07) is 8.52. The van der Waals surface area contributed by atoms with Crippen LogP contribution in [0.3, 0.4) is 0 Å². The van der Waals surface area contributed by atoms with E-state index in [-0.39, 0.29) is 11.7 Å². The molecule has 126 valence electrons. The Morgan fingerprint density at radius 3 is 2.84 bits per heavy atom. The summed E-state index contributed by atoms with van der Waals surface area (Å²) in [5.74, 6) is 0.649. The van der Waals surface area contributed by atoms with Gasteiger partial charge >= 0.3 is 0 Å². The van der Waals surface area contributed by atoms with Crippen molar-refractivity contribution in [3.8, 4) is 6.07 Å². The second-order valence-electron chi connectivity index (χ2n) is 6.11. The Morgan fingerprint density at radius 2 is 2.08 bits per heavy atom. The van der Waals surface area contributed by atoms with Crippen molar-refractivity contribution in [2.24, 2.45) is 0 Å². The molecule has 0 saturated carbocycles. The summed E-state index contributed by atoms with van der Waals surface area (Å²) in [7, 11) is 0. The predicted molar refractivity (Wildman–Crippen MR) is 94.8 cm³/mol. The quantitative estimate of drug-likeness (QED) is 0.638. The SMILES string of the molecule is N#Cc1cc(Br)cnc1N1CCC(c2noc3cc(F)ccc23)CC1. The molecule has 7 heteroatoms. The first-order chi connectivity index (χ1) is 12.2. The Bertz CT molecular complexity index is 973. The van der Waals surface area contributed by atoms with Crippen molar-refractivity contribution in [1.82, 2.24) is 10.1 Å². The topological polar surface area (TPSA) is 66.0 Å². The molecule has 0 bridgehead atoms. The maximum atomic E-state index is 13.3. The summed E-state index contributed by atoms with van der Waals surface area (Å²) < 4.78 is 19.4. The molecule has 0 atom stereocenters. The van der Waals surface area contributed by atoms with Crippen LogP contribution in [0.25, 0.3) is 11.0 Å². The highest BCUT2D eigenvalue weighted by molar-refractivity contribution is 9.10. The summed E-state index contributed by atoms with van der Waals surface area (Å²) in [5.41, 5.74) is 1.94. The number of halogens is 2. The molecule has 0 N–H and O–H groups in total. The summed E-state index contributed by atoms with van der Waals surface area (Å²) in [6.45, 7) is 1.56. The molecular weight excluding hydrogens is 387 g/mol. The number of benzene rings is 1. The van der Waals surface area contributed by atoms with Gasteiger partial charge in [-0.25, -0.2) is 9.37 Å². The minimum Gasteiger partial charge on any atom is -0.356 e. The Morgan fingerprint density at radius 1 is 1.28 bits per heavy atom. The van der Waals surface area contributed by atoms with Gasteiger partial charge in [-0.15, -0.1) is 0 Å². The second-order valence-corrected chi connectivity index (χ2v) is 7.02. The average molecular weight is 401 g/mol. The first-order valence-electron chi connectivity index (χ1n) is 8.01. The van der Waals surface area contributed by atoms with E-state index in [9.17, 15) is 9.65 Å². The van der Waals surface area contributed by atoms with Gasteiger partial charge in [0, 0.05) is 41.1 Å². The second kappa shape index (κ2) is 6.45. The summed E-state index contributed by atoms with van der Waals surface area (Å²) >= 11 is 3.35. The number of rotatable bonds is 2. The highest BCUT2D eigenvalue weighted by Gasteiger charge is 2.26. The number of nitriles is 1. The smallest absolute Gasteiger partial charge is 0.170 e. The molecular formula is C18H14BrFN4O. The van der Waals surface area contributed by atoms with Crippen molar-refractivity contribution in [3.05, 3.63) is 52.0 Å². The van der Waals surface area contributed by atoms with Crippen LogP contribution in [0.4, 0.5) is 10.2 Å². The molecule has 4 rings (SSSR count). The van der Waals surface area contributed by atoms with Gasteiger partial charge in [-0.3, -0.25) is 0 Å². The van der Waals surface area contributed by atoms with E-state index in [0.29, 0.717) is 11.1 Å². The first-order valence-corrected chi connectivity index (χ1v) is 8.80. The minimum absolute atomic E-state index is 0.254. The number of hydrogen-bond acceptors (Lipinski definition) is 5. The van der Waals surface area contributed by atoms with Crippen molar-refractivity contribution in [1.29, 1.82) is 5.26 Å². The fraction of sp³-hybridized carbons (Fsp3) is 0.278. The lowest BCUT2D eigenvalue weighted by Crippen LogP contribution is -2.34. The maximum absolute atomic E-state index is 13.3. The number of anilines is 1. The molecule has 1 aliphatic rings. The van der Waals surface area contributed by atoms with E-state index in [1.54, 1.807) is 18.3 Å². The number of piperidine rings is 1. The van der Waals surface area contributed by atoms with E-state index in [0.717, 1.165) is 47.3 Å². The van der Waals surface area contributed by atoms with Gasteiger partial charge in [0.25, 0.3) is 0 Å². The fourth-order valence-electron chi connectivity index (χ4n) is 3.36. The molecule has 3 aromatic rings. The lowest BCUT2D eigenvalue weighted by molar-refractivity contribution is 0.416. The van der Waals surface area contributed by atoms with Crippen LogP contribution in [-0.4, -0.2) is 23.2 Å². The molecule has 1 aromatic carbocycles. The third kappa shape index (κ3) is 2.98. The molecule has 1 aliphatic heterocycles. The molecule has 1 fully saturated rings. The summed E-state index contributed by atoms with van der Waals surface area (Å²) in [5, 5.41) is 14.4. The highest BCUT2D eigenvalue weighted by atomic mass is 79.9. The van der Waals surface area contributed by atoms with Crippen molar-refractivity contribution >= 4 is 32.7 Å².